The van der Waals surface area contributed by atoms with Crippen LogP contribution in [0, 0.1) is 0 Å². The van der Waals surface area contributed by atoms with Crippen molar-refractivity contribution >= 4 is 22.9 Å². The van der Waals surface area contributed by atoms with Crippen LogP contribution >= 0.6 is 22.9 Å². The molecular weight excluding hydrogens is 218 g/mol. The summed E-state index contributed by atoms with van der Waals surface area (Å²) in [6.07, 6.45) is 3.63. The van der Waals surface area contributed by atoms with Gasteiger partial charge < -0.3 is 5.73 Å². The van der Waals surface area contributed by atoms with Gasteiger partial charge in [-0.3, -0.25) is 4.68 Å². The zero-order valence-electron chi connectivity index (χ0n) is 7.43. The molecule has 0 aromatic carbocycles. The average Bonchev–Trinajstić information content (AvgIpc) is 2.75. The Labute approximate surface area is 91.1 Å². The van der Waals surface area contributed by atoms with Crippen LogP contribution in [0.15, 0.2) is 29.9 Å². The molecule has 74 valence electrons. The quantitative estimate of drug-likeness (QED) is 0.875. The van der Waals surface area contributed by atoms with Crippen molar-refractivity contribution in [2.75, 3.05) is 0 Å². The van der Waals surface area contributed by atoms with Gasteiger partial charge in [-0.25, -0.2) is 0 Å². The number of aromatic nitrogens is 2. The Kier molecular flexibility index (Phi) is 2.86. The molecular formula is C9H10ClN3S. The van der Waals surface area contributed by atoms with E-state index in [2.05, 4.69) is 5.10 Å². The molecule has 14 heavy (non-hydrogen) atoms. The average molecular weight is 228 g/mol. The topological polar surface area (TPSA) is 43.8 Å². The highest BCUT2D eigenvalue weighted by Gasteiger charge is 2.11. The standard InChI is InChI=1S/C9H10ClN3S/c10-7-2-5-14-9(7)8(11)6-13-4-1-3-12-13/h1-5,8H,6,11H2. The second-order valence-corrected chi connectivity index (χ2v) is 4.32. The van der Waals surface area contributed by atoms with E-state index in [-0.39, 0.29) is 6.04 Å². The normalized spacial score (nSPS) is 13.0. The summed E-state index contributed by atoms with van der Waals surface area (Å²) in [5.74, 6) is 0. The molecule has 0 amide bonds. The number of thiophene rings is 1. The maximum absolute atomic E-state index is 6.00. The van der Waals surface area contributed by atoms with Gasteiger partial charge in [0.25, 0.3) is 0 Å². The Bertz CT molecular complexity index is 396. The molecule has 2 aromatic rings. The number of nitrogens with zero attached hydrogens (tertiary/aromatic N) is 2. The summed E-state index contributed by atoms with van der Waals surface area (Å²) in [7, 11) is 0. The van der Waals surface area contributed by atoms with Crippen molar-refractivity contribution in [3.05, 3.63) is 39.8 Å². The summed E-state index contributed by atoms with van der Waals surface area (Å²) >= 11 is 7.56. The summed E-state index contributed by atoms with van der Waals surface area (Å²) in [6.45, 7) is 0.660. The number of nitrogens with two attached hydrogens (primary N) is 1. The van der Waals surface area contributed by atoms with E-state index < -0.39 is 0 Å². The first-order chi connectivity index (χ1) is 6.77. The molecule has 0 radical (unpaired) electrons. The maximum Gasteiger partial charge on any atom is 0.0610 e. The molecule has 0 bridgehead atoms. The highest BCUT2D eigenvalue weighted by atomic mass is 35.5. The van der Waals surface area contributed by atoms with E-state index in [9.17, 15) is 0 Å². The van der Waals surface area contributed by atoms with Crippen molar-refractivity contribution in [1.82, 2.24) is 9.78 Å². The van der Waals surface area contributed by atoms with E-state index in [1.165, 1.54) is 0 Å². The van der Waals surface area contributed by atoms with Gasteiger partial charge in [-0.05, 0) is 17.5 Å². The van der Waals surface area contributed by atoms with Crippen molar-refractivity contribution in [2.45, 2.75) is 12.6 Å². The molecule has 2 N–H and O–H groups in total. The van der Waals surface area contributed by atoms with Crippen LogP contribution in [-0.4, -0.2) is 9.78 Å². The third-order valence-corrected chi connectivity index (χ3v) is 3.41. The molecule has 2 aromatic heterocycles. The molecule has 0 fully saturated rings. The predicted molar refractivity (Wildman–Crippen MR) is 58.5 cm³/mol. The Morgan fingerprint density at radius 2 is 2.50 bits per heavy atom. The summed E-state index contributed by atoms with van der Waals surface area (Å²) in [6, 6.07) is 3.66. The smallest absolute Gasteiger partial charge is 0.0610 e. The minimum Gasteiger partial charge on any atom is -0.322 e. The van der Waals surface area contributed by atoms with Gasteiger partial charge in [0.1, 0.15) is 0 Å². The zero-order valence-corrected chi connectivity index (χ0v) is 9.00. The van der Waals surface area contributed by atoms with Gasteiger partial charge in [0, 0.05) is 17.3 Å². The first-order valence-electron chi connectivity index (χ1n) is 4.23. The molecule has 5 heteroatoms. The Morgan fingerprint density at radius 1 is 1.64 bits per heavy atom. The van der Waals surface area contributed by atoms with Crippen LogP contribution in [0.25, 0.3) is 0 Å². The predicted octanol–water partition coefficient (Wildman–Crippen LogP) is 2.30. The van der Waals surface area contributed by atoms with Crippen LogP contribution in [0.3, 0.4) is 0 Å². The molecule has 0 saturated carbocycles. The second kappa shape index (κ2) is 4.13. The van der Waals surface area contributed by atoms with E-state index in [4.69, 9.17) is 17.3 Å². The van der Waals surface area contributed by atoms with Gasteiger partial charge in [-0.2, -0.15) is 5.10 Å². The lowest BCUT2D eigenvalue weighted by atomic mass is 10.2. The summed E-state index contributed by atoms with van der Waals surface area (Å²) in [5, 5.41) is 6.78. The van der Waals surface area contributed by atoms with Crippen molar-refractivity contribution in [3.63, 3.8) is 0 Å². The summed E-state index contributed by atoms with van der Waals surface area (Å²) < 4.78 is 1.81. The van der Waals surface area contributed by atoms with Gasteiger partial charge in [-0.1, -0.05) is 11.6 Å². The minimum absolute atomic E-state index is 0.0811. The Morgan fingerprint density at radius 3 is 3.07 bits per heavy atom. The maximum atomic E-state index is 6.00. The molecule has 1 unspecified atom stereocenters. The van der Waals surface area contributed by atoms with Gasteiger partial charge in [0.05, 0.1) is 17.6 Å². The number of rotatable bonds is 3. The van der Waals surface area contributed by atoms with Gasteiger partial charge >= 0.3 is 0 Å². The van der Waals surface area contributed by atoms with Crippen molar-refractivity contribution in [2.24, 2.45) is 5.73 Å². The van der Waals surface area contributed by atoms with E-state index in [0.29, 0.717) is 6.54 Å². The SMILES string of the molecule is NC(Cn1cccn1)c1sccc1Cl. The van der Waals surface area contributed by atoms with Gasteiger partial charge in [0.2, 0.25) is 0 Å². The van der Waals surface area contributed by atoms with E-state index in [1.54, 1.807) is 22.2 Å². The van der Waals surface area contributed by atoms with Crippen molar-refractivity contribution < 1.29 is 0 Å². The lowest BCUT2D eigenvalue weighted by molar-refractivity contribution is 0.533. The highest BCUT2D eigenvalue weighted by Crippen LogP contribution is 2.27. The van der Waals surface area contributed by atoms with Crippen LogP contribution in [0.2, 0.25) is 5.02 Å². The fraction of sp³-hybridized carbons (Fsp3) is 0.222. The monoisotopic (exact) mass is 227 g/mol. The summed E-state index contributed by atoms with van der Waals surface area (Å²) in [4.78, 5) is 1.02. The third-order valence-electron chi connectivity index (χ3n) is 1.92. The fourth-order valence-corrected chi connectivity index (χ4v) is 2.46. The lowest BCUT2D eigenvalue weighted by Gasteiger charge is -2.10. The second-order valence-electron chi connectivity index (χ2n) is 2.97. The molecule has 2 heterocycles. The molecule has 0 saturated heterocycles. The van der Waals surface area contributed by atoms with Crippen LogP contribution < -0.4 is 5.73 Å². The molecule has 0 spiro atoms. The Hall–Kier alpha value is -0.840. The third kappa shape index (κ3) is 1.97. The lowest BCUT2D eigenvalue weighted by Crippen LogP contribution is -2.17. The van der Waals surface area contributed by atoms with Crippen LogP contribution in [0.4, 0.5) is 0 Å². The molecule has 1 atom stereocenters. The minimum atomic E-state index is -0.0811. The first-order valence-corrected chi connectivity index (χ1v) is 5.49. The summed E-state index contributed by atoms with van der Waals surface area (Å²) in [5.41, 5.74) is 6.00. The van der Waals surface area contributed by atoms with Crippen LogP contribution in [0.1, 0.15) is 10.9 Å². The fourth-order valence-electron chi connectivity index (χ4n) is 1.26. The zero-order chi connectivity index (χ0) is 9.97. The van der Waals surface area contributed by atoms with Crippen molar-refractivity contribution in [3.8, 4) is 0 Å². The highest BCUT2D eigenvalue weighted by molar-refractivity contribution is 7.10. The molecule has 2 rings (SSSR count). The molecule has 0 aliphatic heterocycles. The van der Waals surface area contributed by atoms with E-state index in [0.717, 1.165) is 9.90 Å². The number of hydrogen-bond donors (Lipinski definition) is 1. The molecule has 0 aliphatic carbocycles. The largest absolute Gasteiger partial charge is 0.322 e. The van der Waals surface area contributed by atoms with E-state index >= 15 is 0 Å². The Balaban J connectivity index is 2.10. The first kappa shape index (κ1) is 9.71. The molecule has 0 aliphatic rings. The molecule has 3 nitrogen and oxygen atoms in total. The number of hydrogen-bond acceptors (Lipinski definition) is 3. The van der Waals surface area contributed by atoms with Crippen LogP contribution in [0.5, 0.6) is 0 Å². The van der Waals surface area contributed by atoms with Crippen LogP contribution in [-0.2, 0) is 6.54 Å². The van der Waals surface area contributed by atoms with Gasteiger partial charge in [0.15, 0.2) is 0 Å². The number of halogens is 1. The van der Waals surface area contributed by atoms with E-state index in [1.807, 2.05) is 23.7 Å². The van der Waals surface area contributed by atoms with Gasteiger partial charge in [-0.15, -0.1) is 11.3 Å². The van der Waals surface area contributed by atoms with Crippen molar-refractivity contribution in [1.29, 1.82) is 0 Å².